The van der Waals surface area contributed by atoms with E-state index in [0.29, 0.717) is 0 Å². The minimum absolute atomic E-state index is 0.00810. The Morgan fingerprint density at radius 2 is 2.50 bits per heavy atom. The van der Waals surface area contributed by atoms with Crippen LogP contribution in [0.2, 0.25) is 0 Å². The summed E-state index contributed by atoms with van der Waals surface area (Å²) >= 11 is 0. The number of amidine groups is 1. The summed E-state index contributed by atoms with van der Waals surface area (Å²) < 4.78 is 12.6. The lowest BCUT2D eigenvalue weighted by atomic mass is 10.3. The second-order valence-corrected chi connectivity index (χ2v) is 2.17. The van der Waals surface area contributed by atoms with E-state index in [2.05, 4.69) is 4.99 Å². The maximum absolute atomic E-state index is 12.6. The molecule has 10 heavy (non-hydrogen) atoms. The molecule has 1 atom stereocenters. The monoisotopic (exact) mass is 145 g/mol. The number of amides is 2. The van der Waals surface area contributed by atoms with E-state index < -0.39 is 12.2 Å². The molecule has 5 heteroatoms. The minimum Gasteiger partial charge on any atom is -0.384 e. The van der Waals surface area contributed by atoms with Crippen molar-refractivity contribution in [2.45, 2.75) is 6.17 Å². The molecule has 0 bridgehead atoms. The van der Waals surface area contributed by atoms with Gasteiger partial charge in [0, 0.05) is 7.05 Å². The topological polar surface area (TPSA) is 58.7 Å². The first-order valence-corrected chi connectivity index (χ1v) is 2.84. The third-order valence-corrected chi connectivity index (χ3v) is 1.31. The second-order valence-electron chi connectivity index (χ2n) is 2.17. The molecule has 0 saturated carbocycles. The van der Waals surface area contributed by atoms with Crippen LogP contribution in [-0.4, -0.2) is 36.5 Å². The van der Waals surface area contributed by atoms with Crippen molar-refractivity contribution in [3.05, 3.63) is 0 Å². The van der Waals surface area contributed by atoms with Crippen molar-refractivity contribution < 1.29 is 9.18 Å². The summed E-state index contributed by atoms with van der Waals surface area (Å²) in [5, 5.41) is 0. The Balaban J connectivity index is 2.79. The highest BCUT2D eigenvalue weighted by atomic mass is 19.1. The number of carbonyl (C=O) groups is 1. The zero-order valence-corrected chi connectivity index (χ0v) is 5.54. The summed E-state index contributed by atoms with van der Waals surface area (Å²) in [7, 11) is 1.48. The van der Waals surface area contributed by atoms with Crippen molar-refractivity contribution in [3.63, 3.8) is 0 Å². The average molecular weight is 145 g/mol. The summed E-state index contributed by atoms with van der Waals surface area (Å²) in [5.74, 6) is -0.219. The van der Waals surface area contributed by atoms with E-state index in [0.717, 1.165) is 0 Å². The molecule has 0 aliphatic carbocycles. The van der Waals surface area contributed by atoms with Gasteiger partial charge in [0.25, 0.3) is 0 Å². The predicted octanol–water partition coefficient (Wildman–Crippen LogP) is -0.253. The van der Waals surface area contributed by atoms with Crippen molar-refractivity contribution in [1.82, 2.24) is 4.90 Å². The third-order valence-electron chi connectivity index (χ3n) is 1.31. The number of carbonyl (C=O) groups excluding carboxylic acids is 1. The van der Waals surface area contributed by atoms with Gasteiger partial charge in [-0.05, 0) is 0 Å². The quantitative estimate of drug-likeness (QED) is 0.510. The van der Waals surface area contributed by atoms with E-state index in [-0.39, 0.29) is 12.4 Å². The van der Waals surface area contributed by atoms with Crippen LogP contribution >= 0.6 is 0 Å². The fourth-order valence-electron chi connectivity index (χ4n) is 0.678. The highest BCUT2D eigenvalue weighted by Gasteiger charge is 2.23. The number of rotatable bonds is 0. The molecule has 0 spiro atoms. The molecule has 0 saturated heterocycles. The molecule has 0 unspecified atom stereocenters. The lowest BCUT2D eigenvalue weighted by Gasteiger charge is -2.21. The standard InChI is InChI=1S/C5H8FN3O/c1-9-2-3(6)4(7)8-5(9)10/h3H,2H2,1H3,(H2,7,8,10)/t3-/m0/s1. The fraction of sp³-hybridized carbons (Fsp3) is 0.600. The number of alkyl halides is 1. The van der Waals surface area contributed by atoms with Gasteiger partial charge in [-0.3, -0.25) is 0 Å². The molecule has 0 aromatic carbocycles. The first-order valence-electron chi connectivity index (χ1n) is 2.84. The van der Waals surface area contributed by atoms with Crippen molar-refractivity contribution in [2.24, 2.45) is 10.7 Å². The van der Waals surface area contributed by atoms with Gasteiger partial charge in [-0.25, -0.2) is 9.18 Å². The Bertz CT molecular complexity index is 191. The number of nitrogens with zero attached hydrogens (tertiary/aromatic N) is 2. The van der Waals surface area contributed by atoms with Crippen LogP contribution < -0.4 is 5.73 Å². The first kappa shape index (κ1) is 6.98. The Hall–Kier alpha value is -1.13. The van der Waals surface area contributed by atoms with E-state index in [1.54, 1.807) is 0 Å². The highest BCUT2D eigenvalue weighted by Crippen LogP contribution is 2.03. The van der Waals surface area contributed by atoms with Gasteiger partial charge in [-0.1, -0.05) is 0 Å². The van der Waals surface area contributed by atoms with Crippen molar-refractivity contribution in [2.75, 3.05) is 13.6 Å². The van der Waals surface area contributed by atoms with E-state index in [9.17, 15) is 9.18 Å². The molecular weight excluding hydrogens is 137 g/mol. The van der Waals surface area contributed by atoms with Gasteiger partial charge in [0.2, 0.25) is 0 Å². The van der Waals surface area contributed by atoms with Crippen molar-refractivity contribution in [1.29, 1.82) is 0 Å². The largest absolute Gasteiger partial charge is 0.384 e. The SMILES string of the molecule is CN1C[C@H](F)C(N)=NC1=O. The maximum atomic E-state index is 12.6. The van der Waals surface area contributed by atoms with E-state index in [1.807, 2.05) is 0 Å². The summed E-state index contributed by atoms with van der Waals surface area (Å²) in [6, 6.07) is -0.480. The van der Waals surface area contributed by atoms with Gasteiger partial charge >= 0.3 is 6.03 Å². The summed E-state index contributed by atoms with van der Waals surface area (Å²) in [6.45, 7) is 0.00810. The molecule has 0 aromatic rings. The number of aliphatic imine (C=N–C) groups is 1. The molecule has 1 aliphatic rings. The van der Waals surface area contributed by atoms with Crippen LogP contribution in [0.1, 0.15) is 0 Å². The lowest BCUT2D eigenvalue weighted by Crippen LogP contribution is -2.43. The van der Waals surface area contributed by atoms with Gasteiger partial charge < -0.3 is 10.6 Å². The molecule has 0 radical (unpaired) electrons. The number of urea groups is 1. The van der Waals surface area contributed by atoms with Crippen LogP contribution in [0.15, 0.2) is 4.99 Å². The molecule has 1 heterocycles. The van der Waals surface area contributed by atoms with Gasteiger partial charge in [0.1, 0.15) is 5.84 Å². The predicted molar refractivity (Wildman–Crippen MR) is 34.5 cm³/mol. The Labute approximate surface area is 57.5 Å². The second kappa shape index (κ2) is 2.24. The molecular formula is C5H8FN3O. The summed E-state index contributed by atoms with van der Waals surface area (Å²) in [4.78, 5) is 15.1. The van der Waals surface area contributed by atoms with Crippen molar-refractivity contribution >= 4 is 11.9 Å². The van der Waals surface area contributed by atoms with Crippen LogP contribution in [0.25, 0.3) is 0 Å². The Morgan fingerprint density at radius 1 is 1.90 bits per heavy atom. The smallest absolute Gasteiger partial charge is 0.345 e. The van der Waals surface area contributed by atoms with Gasteiger partial charge in [0.05, 0.1) is 6.54 Å². The number of nitrogens with two attached hydrogens (primary N) is 1. The number of halogens is 1. The van der Waals surface area contributed by atoms with Crippen LogP contribution in [0.4, 0.5) is 9.18 Å². The minimum atomic E-state index is -1.30. The summed E-state index contributed by atoms with van der Waals surface area (Å²) in [6.07, 6.45) is -1.30. The normalized spacial score (nSPS) is 26.6. The lowest BCUT2D eigenvalue weighted by molar-refractivity contribution is 0.203. The van der Waals surface area contributed by atoms with E-state index >= 15 is 0 Å². The van der Waals surface area contributed by atoms with E-state index in [1.165, 1.54) is 11.9 Å². The molecule has 56 valence electrons. The first-order chi connectivity index (χ1) is 4.61. The van der Waals surface area contributed by atoms with Crippen LogP contribution in [0.3, 0.4) is 0 Å². The van der Waals surface area contributed by atoms with Crippen LogP contribution in [-0.2, 0) is 0 Å². The van der Waals surface area contributed by atoms with Crippen LogP contribution in [0.5, 0.6) is 0 Å². The number of hydrogen-bond donors (Lipinski definition) is 1. The molecule has 1 rings (SSSR count). The molecule has 2 amide bonds. The summed E-state index contributed by atoms with van der Waals surface area (Å²) in [5.41, 5.74) is 5.06. The maximum Gasteiger partial charge on any atom is 0.345 e. The Morgan fingerprint density at radius 3 is 3.00 bits per heavy atom. The van der Waals surface area contributed by atoms with Crippen LogP contribution in [0, 0.1) is 0 Å². The third kappa shape index (κ3) is 1.07. The van der Waals surface area contributed by atoms with Crippen molar-refractivity contribution in [3.8, 4) is 0 Å². The molecule has 0 fully saturated rings. The van der Waals surface area contributed by atoms with Gasteiger partial charge in [0.15, 0.2) is 6.17 Å². The zero-order chi connectivity index (χ0) is 7.72. The Kier molecular flexibility index (Phi) is 1.57. The van der Waals surface area contributed by atoms with Gasteiger partial charge in [-0.2, -0.15) is 4.99 Å². The fourth-order valence-corrected chi connectivity index (χ4v) is 0.678. The number of hydrogen-bond acceptors (Lipinski definition) is 2. The highest BCUT2D eigenvalue weighted by molar-refractivity contribution is 5.97. The van der Waals surface area contributed by atoms with E-state index in [4.69, 9.17) is 5.73 Å². The molecule has 1 aliphatic heterocycles. The molecule has 0 aromatic heterocycles. The molecule has 2 N–H and O–H groups in total. The molecule has 4 nitrogen and oxygen atoms in total. The van der Waals surface area contributed by atoms with Gasteiger partial charge in [-0.15, -0.1) is 0 Å². The average Bonchev–Trinajstić information content (AvgIpc) is 1.84. The zero-order valence-electron chi connectivity index (χ0n) is 5.54.